The molecule has 0 saturated heterocycles. The largest absolute Gasteiger partial charge is 1.00 e. The molecule has 2 radical (unpaired) electrons. The molecule has 0 saturated carbocycles. The van der Waals surface area contributed by atoms with Crippen LogP contribution in [0.2, 0.25) is 0 Å². The molecule has 0 heterocycles. The average Bonchev–Trinajstić information content (AvgIpc) is 2.39. The van der Waals surface area contributed by atoms with Crippen molar-refractivity contribution in [2.75, 3.05) is 0 Å². The monoisotopic (exact) mass is 304 g/mol. The molecule has 0 amide bonds. The van der Waals surface area contributed by atoms with Gasteiger partial charge in [0.05, 0.1) is 0 Å². The molecule has 0 atom stereocenters. The molecule has 2 rings (SSSR count). The molecule has 3 nitrogen and oxygen atoms in total. The standard InChI is InChI=1S/C12H10O3Si2.2Na/c13-17(14,12-9-5-2-6-10-12)15-16-11-7-3-1-4-8-11;;/h1-10H;;/q-2;2*+1. The second-order valence-corrected chi connectivity index (χ2v) is 6.78. The Morgan fingerprint density at radius 1 is 0.789 bits per heavy atom. The molecule has 0 spiro atoms. The van der Waals surface area contributed by atoms with Gasteiger partial charge in [-0.05, 0) is 5.19 Å². The second-order valence-electron chi connectivity index (χ2n) is 3.49. The van der Waals surface area contributed by atoms with E-state index in [0.29, 0.717) is 0 Å². The predicted molar refractivity (Wildman–Crippen MR) is 64.7 cm³/mol. The smallest absolute Gasteiger partial charge is 0.847 e. The van der Waals surface area contributed by atoms with E-state index in [0.717, 1.165) is 5.19 Å². The number of hydrogen-bond acceptors (Lipinski definition) is 3. The van der Waals surface area contributed by atoms with Gasteiger partial charge in [0.15, 0.2) is 0 Å². The van der Waals surface area contributed by atoms with Crippen molar-refractivity contribution in [1.82, 2.24) is 0 Å². The van der Waals surface area contributed by atoms with Gasteiger partial charge < -0.3 is 13.7 Å². The summed E-state index contributed by atoms with van der Waals surface area (Å²) in [6, 6.07) is 17.5. The molecule has 19 heavy (non-hydrogen) atoms. The van der Waals surface area contributed by atoms with Crippen LogP contribution >= 0.6 is 0 Å². The van der Waals surface area contributed by atoms with Crippen LogP contribution in [-0.2, 0) is 4.12 Å². The van der Waals surface area contributed by atoms with Gasteiger partial charge in [0.25, 0.3) is 9.76 Å². The zero-order valence-electron chi connectivity index (χ0n) is 11.0. The minimum absolute atomic E-state index is 0. The van der Waals surface area contributed by atoms with Crippen molar-refractivity contribution in [3.05, 3.63) is 60.7 Å². The Kier molecular flexibility index (Phi) is 10.0. The summed E-state index contributed by atoms with van der Waals surface area (Å²) in [4.78, 5) is 23.7. The first-order valence-corrected chi connectivity index (χ1v) is 7.77. The molecule has 0 aliphatic rings. The van der Waals surface area contributed by atoms with E-state index in [-0.39, 0.29) is 74.1 Å². The van der Waals surface area contributed by atoms with E-state index in [1.807, 2.05) is 30.3 Å². The van der Waals surface area contributed by atoms with Crippen LogP contribution in [0.4, 0.5) is 0 Å². The summed E-state index contributed by atoms with van der Waals surface area (Å²) >= 11 is 0. The van der Waals surface area contributed by atoms with Crippen LogP contribution in [0.3, 0.4) is 0 Å². The van der Waals surface area contributed by atoms with Gasteiger partial charge >= 0.3 is 59.1 Å². The Balaban J connectivity index is 0.00000162. The van der Waals surface area contributed by atoms with Gasteiger partial charge in [0, 0.05) is 8.80 Å². The maximum Gasteiger partial charge on any atom is 1.00 e. The molecule has 0 aromatic heterocycles. The fourth-order valence-electron chi connectivity index (χ4n) is 1.33. The Morgan fingerprint density at radius 2 is 1.26 bits per heavy atom. The SMILES string of the molecule is [Na+].[Na+].[O-][Si]([O-])(O[Si]c1ccccc1)c1ccccc1. The Bertz CT molecular complexity index is 469. The first-order chi connectivity index (χ1) is 8.18. The Morgan fingerprint density at radius 3 is 1.79 bits per heavy atom. The van der Waals surface area contributed by atoms with E-state index >= 15 is 0 Å². The fourth-order valence-corrected chi connectivity index (χ4v) is 3.74. The summed E-state index contributed by atoms with van der Waals surface area (Å²) in [7, 11) is -4.43. The van der Waals surface area contributed by atoms with E-state index in [1.165, 1.54) is 0 Å². The van der Waals surface area contributed by atoms with Crippen molar-refractivity contribution >= 4 is 28.9 Å². The number of hydrogen-bond donors (Lipinski definition) is 0. The van der Waals surface area contributed by atoms with Gasteiger partial charge in [0.2, 0.25) is 0 Å². The van der Waals surface area contributed by atoms with Crippen LogP contribution in [0.15, 0.2) is 60.7 Å². The van der Waals surface area contributed by atoms with Gasteiger partial charge in [0.1, 0.15) is 0 Å². The molecule has 2 aromatic rings. The number of rotatable bonds is 4. The summed E-state index contributed by atoms with van der Waals surface area (Å²) in [6.07, 6.45) is 0. The van der Waals surface area contributed by atoms with Crippen LogP contribution in [0.25, 0.3) is 0 Å². The summed E-state index contributed by atoms with van der Waals surface area (Å²) in [6.45, 7) is 0. The van der Waals surface area contributed by atoms with Crippen molar-refractivity contribution < 1.29 is 72.8 Å². The molecule has 2 aromatic carbocycles. The zero-order chi connectivity index (χ0) is 12.1. The van der Waals surface area contributed by atoms with E-state index in [9.17, 15) is 9.59 Å². The Labute approximate surface area is 160 Å². The third-order valence-electron chi connectivity index (χ3n) is 2.20. The first-order valence-electron chi connectivity index (χ1n) is 5.14. The minimum Gasteiger partial charge on any atom is -0.847 e. The van der Waals surface area contributed by atoms with Crippen LogP contribution in [0.5, 0.6) is 0 Å². The van der Waals surface area contributed by atoms with Gasteiger partial charge in [-0.15, -0.1) is 0 Å². The summed E-state index contributed by atoms with van der Waals surface area (Å²) in [5.41, 5.74) is 0. The minimum atomic E-state index is -4.25. The molecule has 0 aliphatic heterocycles. The quantitative estimate of drug-likeness (QED) is 0.528. The molecule has 0 fully saturated rings. The zero-order valence-corrected chi connectivity index (χ0v) is 17.0. The summed E-state index contributed by atoms with van der Waals surface area (Å²) in [5.74, 6) is 0. The molecule has 86 valence electrons. The molecule has 0 bridgehead atoms. The van der Waals surface area contributed by atoms with Gasteiger partial charge in [-0.25, -0.2) is 0 Å². The maximum atomic E-state index is 11.8. The average molecular weight is 304 g/mol. The molecular formula is C12H10Na2O3Si2. The summed E-state index contributed by atoms with van der Waals surface area (Å²) < 4.78 is 5.06. The molecule has 0 N–H and O–H groups in total. The van der Waals surface area contributed by atoms with Gasteiger partial charge in [-0.3, -0.25) is 0 Å². The second kappa shape index (κ2) is 9.65. The first kappa shape index (κ1) is 19.8. The van der Waals surface area contributed by atoms with E-state index < -0.39 is 8.80 Å². The summed E-state index contributed by atoms with van der Waals surface area (Å²) in [5, 5.41) is 1.11. The van der Waals surface area contributed by atoms with Crippen molar-refractivity contribution in [2.24, 2.45) is 0 Å². The van der Waals surface area contributed by atoms with Gasteiger partial charge in [-0.2, -0.15) is 0 Å². The molecule has 0 aliphatic carbocycles. The topological polar surface area (TPSA) is 55.3 Å². The Hall–Kier alpha value is 0.754. The van der Waals surface area contributed by atoms with Crippen LogP contribution < -0.4 is 79.1 Å². The third kappa shape index (κ3) is 6.37. The normalized spacial score (nSPS) is 10.2. The van der Waals surface area contributed by atoms with E-state index in [1.54, 1.807) is 30.3 Å². The molecule has 7 heteroatoms. The number of benzene rings is 2. The van der Waals surface area contributed by atoms with Crippen molar-refractivity contribution in [3.63, 3.8) is 0 Å². The van der Waals surface area contributed by atoms with Crippen LogP contribution in [0.1, 0.15) is 0 Å². The van der Waals surface area contributed by atoms with Crippen LogP contribution in [-0.4, -0.2) is 18.6 Å². The van der Waals surface area contributed by atoms with Crippen molar-refractivity contribution in [1.29, 1.82) is 0 Å². The van der Waals surface area contributed by atoms with Crippen LogP contribution in [0, 0.1) is 0 Å². The predicted octanol–water partition coefficient (Wildman–Crippen LogP) is -7.48. The molecule has 0 unspecified atom stereocenters. The fraction of sp³-hybridized carbons (Fsp3) is 0. The van der Waals surface area contributed by atoms with Crippen molar-refractivity contribution in [3.8, 4) is 0 Å². The molecular weight excluding hydrogens is 294 g/mol. The van der Waals surface area contributed by atoms with Gasteiger partial charge in [-0.1, -0.05) is 65.9 Å². The third-order valence-corrected chi connectivity index (χ3v) is 5.30. The van der Waals surface area contributed by atoms with Crippen molar-refractivity contribution in [2.45, 2.75) is 0 Å². The van der Waals surface area contributed by atoms with E-state index in [4.69, 9.17) is 4.12 Å². The van der Waals surface area contributed by atoms with E-state index in [2.05, 4.69) is 0 Å². The maximum absolute atomic E-state index is 11.8.